The molecule has 1 aliphatic heterocycles. The fraction of sp³-hybridized carbons (Fsp3) is 0.227. The predicted molar refractivity (Wildman–Crippen MR) is 198 cm³/mol. The van der Waals surface area contributed by atoms with E-state index in [-0.39, 0.29) is 11.6 Å². The number of anilines is 2. The van der Waals surface area contributed by atoms with Crippen LogP contribution in [0.5, 0.6) is 0 Å². The molecule has 0 amide bonds. The van der Waals surface area contributed by atoms with Crippen LogP contribution in [0.4, 0.5) is 11.4 Å². The number of ether oxygens (including phenoxy) is 1. The lowest BCUT2D eigenvalue weighted by molar-refractivity contribution is 0.0848. The molecule has 0 bridgehead atoms. The zero-order valence-corrected chi connectivity index (χ0v) is 27.7. The Hall–Kier alpha value is -4.86. The second-order valence-electron chi connectivity index (χ2n) is 13.8. The van der Waals surface area contributed by atoms with Crippen LogP contribution in [0.15, 0.2) is 140 Å². The van der Waals surface area contributed by atoms with Crippen molar-refractivity contribution in [3.63, 3.8) is 0 Å². The lowest BCUT2D eigenvalue weighted by atomic mass is 9.80. The van der Waals surface area contributed by atoms with Crippen molar-refractivity contribution in [3.05, 3.63) is 151 Å². The summed E-state index contributed by atoms with van der Waals surface area (Å²) in [6.45, 7) is 6.88. The van der Waals surface area contributed by atoms with Crippen molar-refractivity contribution < 1.29 is 4.74 Å². The largest absolute Gasteiger partial charge is 0.381 e. The Labute approximate surface area is 278 Å². The van der Waals surface area contributed by atoms with E-state index in [0.29, 0.717) is 11.8 Å². The van der Waals surface area contributed by atoms with Crippen LogP contribution in [0.2, 0.25) is 0 Å². The van der Waals surface area contributed by atoms with Gasteiger partial charge in [-0.3, -0.25) is 0 Å². The first kappa shape index (κ1) is 29.5. The van der Waals surface area contributed by atoms with Crippen molar-refractivity contribution in [2.24, 2.45) is 5.92 Å². The molecule has 3 nitrogen and oxygen atoms in total. The number of allylic oxidation sites excluding steroid dienone is 2. The quantitative estimate of drug-likeness (QED) is 0.170. The molecule has 8 rings (SSSR count). The molecule has 0 spiro atoms. The van der Waals surface area contributed by atoms with Crippen molar-refractivity contribution >= 4 is 33.2 Å². The minimum absolute atomic E-state index is 0.152. The molecule has 3 heteroatoms. The number of aromatic nitrogens is 1. The van der Waals surface area contributed by atoms with Crippen molar-refractivity contribution in [2.45, 2.75) is 51.2 Å². The first-order chi connectivity index (χ1) is 22.9. The maximum Gasteiger partial charge on any atom is 0.0712 e. The molecular weight excluding hydrogens is 572 g/mol. The van der Waals surface area contributed by atoms with E-state index < -0.39 is 0 Å². The van der Waals surface area contributed by atoms with Gasteiger partial charge in [-0.1, -0.05) is 105 Å². The average Bonchev–Trinajstić information content (AvgIpc) is 3.56. The molecular formula is C44H42N2O. The number of hydrogen-bond donors (Lipinski definition) is 0. The number of methoxy groups -OCH3 is 1. The van der Waals surface area contributed by atoms with E-state index >= 15 is 0 Å². The molecule has 2 aliphatic rings. The fourth-order valence-electron chi connectivity index (χ4n) is 8.12. The molecule has 0 saturated heterocycles. The molecule has 5 aromatic carbocycles. The van der Waals surface area contributed by atoms with Crippen LogP contribution in [0.25, 0.3) is 38.6 Å². The maximum atomic E-state index is 5.87. The Bertz CT molecular complexity index is 2170. The first-order valence-corrected chi connectivity index (χ1v) is 17.0. The van der Waals surface area contributed by atoms with E-state index in [9.17, 15) is 0 Å². The average molecular weight is 615 g/mol. The summed E-state index contributed by atoms with van der Waals surface area (Å²) in [6.07, 6.45) is 11.3. The number of rotatable bonds is 8. The summed E-state index contributed by atoms with van der Waals surface area (Å²) in [4.78, 5) is 2.53. The number of benzene rings is 5. The molecule has 0 fully saturated rings. The lowest BCUT2D eigenvalue weighted by Crippen LogP contribution is -2.41. The van der Waals surface area contributed by atoms with Crippen LogP contribution < -0.4 is 4.90 Å². The Balaban J connectivity index is 1.20. The summed E-state index contributed by atoms with van der Waals surface area (Å²) in [5, 5.41) is 2.53. The number of nitrogens with zero attached hydrogens (tertiary/aromatic N) is 2. The summed E-state index contributed by atoms with van der Waals surface area (Å²) in [6, 6.07) is 42.7. The van der Waals surface area contributed by atoms with Crippen molar-refractivity contribution in [3.8, 4) is 16.8 Å². The van der Waals surface area contributed by atoms with Gasteiger partial charge >= 0.3 is 0 Å². The molecule has 6 aromatic rings. The molecule has 1 aromatic heterocycles. The van der Waals surface area contributed by atoms with Gasteiger partial charge in [-0.2, -0.15) is 0 Å². The normalized spacial score (nSPS) is 19.1. The van der Waals surface area contributed by atoms with E-state index in [1.165, 1.54) is 61.1 Å². The highest BCUT2D eigenvalue weighted by Gasteiger charge is 2.46. The number of para-hydroxylation sites is 2. The molecule has 3 atom stereocenters. The van der Waals surface area contributed by atoms with Gasteiger partial charge in [0.25, 0.3) is 0 Å². The second-order valence-corrected chi connectivity index (χ2v) is 13.8. The van der Waals surface area contributed by atoms with Gasteiger partial charge in [0.15, 0.2) is 0 Å². The van der Waals surface area contributed by atoms with Gasteiger partial charge in [0.1, 0.15) is 0 Å². The standard InChI is InChI=1S/C44H42N2O/c1-30(2)25-36(47-4)27-31-13-11-15-34(26-31)45-41-20-7-5-17-37(41)39-29-33(22-23-42(39)45)32-14-12-16-35(28-32)46-43-21-8-6-18-38(43)40-19-9-10-24-44(40,46)3/h5-24,26,28-30,36,40H,25,27H2,1-4H3. The summed E-state index contributed by atoms with van der Waals surface area (Å²) < 4.78 is 8.29. The Morgan fingerprint density at radius 3 is 2.36 bits per heavy atom. The smallest absolute Gasteiger partial charge is 0.0712 e. The molecule has 3 unspecified atom stereocenters. The monoisotopic (exact) mass is 614 g/mol. The van der Waals surface area contributed by atoms with Crippen LogP contribution in [0.1, 0.15) is 44.2 Å². The van der Waals surface area contributed by atoms with Gasteiger partial charge in [-0.25, -0.2) is 0 Å². The Morgan fingerprint density at radius 2 is 1.49 bits per heavy atom. The second kappa shape index (κ2) is 11.7. The molecule has 1 aliphatic carbocycles. The van der Waals surface area contributed by atoms with Crippen LogP contribution in [0, 0.1) is 5.92 Å². The summed E-state index contributed by atoms with van der Waals surface area (Å²) in [5.41, 5.74) is 11.1. The molecule has 2 heterocycles. The molecule has 0 radical (unpaired) electrons. The highest BCUT2D eigenvalue weighted by molar-refractivity contribution is 6.10. The van der Waals surface area contributed by atoms with E-state index in [2.05, 4.69) is 170 Å². The third-order valence-electron chi connectivity index (χ3n) is 10.3. The van der Waals surface area contributed by atoms with Gasteiger partial charge in [-0.05, 0) is 96.5 Å². The Kier molecular flexibility index (Phi) is 7.38. The lowest BCUT2D eigenvalue weighted by Gasteiger charge is -2.39. The van der Waals surface area contributed by atoms with E-state index in [0.717, 1.165) is 12.8 Å². The Morgan fingerprint density at radius 1 is 0.723 bits per heavy atom. The third-order valence-corrected chi connectivity index (χ3v) is 10.3. The van der Waals surface area contributed by atoms with Gasteiger partial charge in [0.05, 0.1) is 22.7 Å². The highest BCUT2D eigenvalue weighted by Crippen LogP contribution is 2.54. The van der Waals surface area contributed by atoms with Crippen LogP contribution >= 0.6 is 0 Å². The number of fused-ring (bicyclic) bond motifs is 6. The van der Waals surface area contributed by atoms with Crippen molar-refractivity contribution in [1.82, 2.24) is 4.57 Å². The van der Waals surface area contributed by atoms with Crippen LogP contribution in [-0.2, 0) is 11.2 Å². The maximum absolute atomic E-state index is 5.87. The van der Waals surface area contributed by atoms with E-state index in [1.807, 2.05) is 7.11 Å². The van der Waals surface area contributed by atoms with Crippen molar-refractivity contribution in [1.29, 1.82) is 0 Å². The zero-order valence-electron chi connectivity index (χ0n) is 27.7. The minimum atomic E-state index is -0.152. The summed E-state index contributed by atoms with van der Waals surface area (Å²) in [5.74, 6) is 0.923. The fourth-order valence-corrected chi connectivity index (χ4v) is 8.12. The molecule has 0 N–H and O–H groups in total. The van der Waals surface area contributed by atoms with Crippen molar-refractivity contribution in [2.75, 3.05) is 12.0 Å². The van der Waals surface area contributed by atoms with Gasteiger partial charge < -0.3 is 14.2 Å². The van der Waals surface area contributed by atoms with Crippen LogP contribution in [0.3, 0.4) is 0 Å². The van der Waals surface area contributed by atoms with E-state index in [4.69, 9.17) is 4.74 Å². The molecule has 0 saturated carbocycles. The SMILES string of the molecule is COC(Cc1cccc(-n2c3ccccc3c3cc(-c4cccc(N5c6ccccc6C6C=CC=CC65C)c4)ccc32)c1)CC(C)C. The summed E-state index contributed by atoms with van der Waals surface area (Å²) >= 11 is 0. The molecule has 47 heavy (non-hydrogen) atoms. The minimum Gasteiger partial charge on any atom is -0.381 e. The highest BCUT2D eigenvalue weighted by atomic mass is 16.5. The molecule has 234 valence electrons. The van der Waals surface area contributed by atoms with E-state index in [1.54, 1.807) is 0 Å². The first-order valence-electron chi connectivity index (χ1n) is 17.0. The topological polar surface area (TPSA) is 17.4 Å². The summed E-state index contributed by atoms with van der Waals surface area (Å²) in [7, 11) is 1.84. The van der Waals surface area contributed by atoms with Gasteiger partial charge in [0, 0.05) is 40.9 Å². The van der Waals surface area contributed by atoms with Gasteiger partial charge in [0.2, 0.25) is 0 Å². The van der Waals surface area contributed by atoms with Crippen LogP contribution in [-0.4, -0.2) is 23.3 Å². The predicted octanol–water partition coefficient (Wildman–Crippen LogP) is 11.2. The number of hydrogen-bond acceptors (Lipinski definition) is 2. The zero-order chi connectivity index (χ0) is 32.1. The third kappa shape index (κ3) is 5.01. The van der Waals surface area contributed by atoms with Gasteiger partial charge in [-0.15, -0.1) is 0 Å².